The Morgan fingerprint density at radius 1 is 1.26 bits per heavy atom. The first-order valence-electron chi connectivity index (χ1n) is 7.44. The molecule has 0 unspecified atom stereocenters. The lowest BCUT2D eigenvalue weighted by Gasteiger charge is -2.14. The molecule has 118 valence electrons. The van der Waals surface area contributed by atoms with Gasteiger partial charge in [0.25, 0.3) is 0 Å². The van der Waals surface area contributed by atoms with E-state index in [-0.39, 0.29) is 5.91 Å². The number of rotatable bonds is 5. The molecule has 23 heavy (non-hydrogen) atoms. The maximum atomic E-state index is 12.4. The van der Waals surface area contributed by atoms with Crippen LogP contribution in [-0.2, 0) is 11.2 Å². The Balaban J connectivity index is 2.14. The number of para-hydroxylation sites is 1. The first-order valence-corrected chi connectivity index (χ1v) is 7.44. The van der Waals surface area contributed by atoms with E-state index in [9.17, 15) is 10.1 Å². The van der Waals surface area contributed by atoms with Crippen molar-refractivity contribution in [1.29, 1.82) is 5.26 Å². The quantitative estimate of drug-likeness (QED) is 0.917. The Kier molecular flexibility index (Phi) is 5.37. The summed E-state index contributed by atoms with van der Waals surface area (Å²) in [6, 6.07) is 15.3. The molecule has 4 heteroatoms. The smallest absolute Gasteiger partial charge is 0.242 e. The molecule has 1 atom stereocenters. The number of nitrogens with one attached hydrogen (secondary N) is 1. The maximum absolute atomic E-state index is 12.4. The van der Waals surface area contributed by atoms with Crippen molar-refractivity contribution in [3.63, 3.8) is 0 Å². The molecular weight excluding hydrogens is 288 g/mol. The number of nitrogens with zero attached hydrogens (tertiary/aromatic N) is 1. The van der Waals surface area contributed by atoms with Gasteiger partial charge in [0, 0.05) is 12.1 Å². The van der Waals surface area contributed by atoms with Crippen LogP contribution in [0.25, 0.3) is 0 Å². The number of methoxy groups -OCH3 is 1. The van der Waals surface area contributed by atoms with Crippen molar-refractivity contribution in [2.45, 2.75) is 20.3 Å². The maximum Gasteiger partial charge on any atom is 0.242 e. The lowest BCUT2D eigenvalue weighted by Crippen LogP contribution is -2.24. The molecule has 0 aliphatic heterocycles. The minimum absolute atomic E-state index is 0.301. The van der Waals surface area contributed by atoms with E-state index in [1.807, 2.05) is 56.3 Å². The molecule has 2 rings (SSSR count). The molecule has 2 aromatic carbocycles. The summed E-state index contributed by atoms with van der Waals surface area (Å²) < 4.78 is 5.28. The van der Waals surface area contributed by atoms with Crippen molar-refractivity contribution in [2.75, 3.05) is 12.4 Å². The zero-order valence-corrected chi connectivity index (χ0v) is 13.6. The number of amides is 1. The SMILES string of the molecule is COc1ccccc1C[C@@H](C#N)C(=O)Nc1ccc(C)cc1C. The van der Waals surface area contributed by atoms with Crippen molar-refractivity contribution in [2.24, 2.45) is 5.92 Å². The van der Waals surface area contributed by atoms with Crippen LogP contribution in [0.1, 0.15) is 16.7 Å². The molecule has 1 amide bonds. The van der Waals surface area contributed by atoms with Gasteiger partial charge in [-0.05, 0) is 37.1 Å². The summed E-state index contributed by atoms with van der Waals surface area (Å²) in [5.74, 6) is -0.385. The molecule has 0 heterocycles. The predicted molar refractivity (Wildman–Crippen MR) is 90.3 cm³/mol. The third kappa shape index (κ3) is 4.10. The summed E-state index contributed by atoms with van der Waals surface area (Å²) in [6.45, 7) is 3.93. The van der Waals surface area contributed by atoms with Crippen LogP contribution in [0.4, 0.5) is 5.69 Å². The molecule has 4 nitrogen and oxygen atoms in total. The number of anilines is 1. The van der Waals surface area contributed by atoms with E-state index in [1.54, 1.807) is 7.11 Å². The van der Waals surface area contributed by atoms with Crippen LogP contribution in [0.3, 0.4) is 0 Å². The second-order valence-corrected chi connectivity index (χ2v) is 5.51. The fourth-order valence-electron chi connectivity index (χ4n) is 2.46. The first kappa shape index (κ1) is 16.6. The van der Waals surface area contributed by atoms with E-state index in [4.69, 9.17) is 4.74 Å². The molecule has 1 N–H and O–H groups in total. The van der Waals surface area contributed by atoms with Gasteiger partial charge in [-0.15, -0.1) is 0 Å². The lowest BCUT2D eigenvalue weighted by atomic mass is 9.98. The number of benzene rings is 2. The predicted octanol–water partition coefficient (Wildman–Crippen LogP) is 3.63. The van der Waals surface area contributed by atoms with Gasteiger partial charge >= 0.3 is 0 Å². The minimum Gasteiger partial charge on any atom is -0.496 e. The van der Waals surface area contributed by atoms with Crippen molar-refractivity contribution in [3.05, 3.63) is 59.2 Å². The van der Waals surface area contributed by atoms with Crippen LogP contribution < -0.4 is 10.1 Å². The van der Waals surface area contributed by atoms with Gasteiger partial charge in [-0.25, -0.2) is 0 Å². The van der Waals surface area contributed by atoms with E-state index in [2.05, 4.69) is 11.4 Å². The molecule has 0 aliphatic carbocycles. The summed E-state index contributed by atoms with van der Waals surface area (Å²) >= 11 is 0. The largest absolute Gasteiger partial charge is 0.496 e. The summed E-state index contributed by atoms with van der Waals surface area (Å²) in [5.41, 5.74) is 3.69. The van der Waals surface area contributed by atoms with Crippen LogP contribution in [0, 0.1) is 31.1 Å². The Morgan fingerprint density at radius 2 is 2.00 bits per heavy atom. The molecule has 0 aromatic heterocycles. The zero-order chi connectivity index (χ0) is 16.8. The van der Waals surface area contributed by atoms with Crippen LogP contribution in [-0.4, -0.2) is 13.0 Å². The normalized spacial score (nSPS) is 11.4. The fraction of sp³-hybridized carbons (Fsp3) is 0.263. The molecule has 0 saturated carbocycles. The lowest BCUT2D eigenvalue weighted by molar-refractivity contribution is -0.118. The summed E-state index contributed by atoms with van der Waals surface area (Å²) in [6.07, 6.45) is 0.317. The van der Waals surface area contributed by atoms with Crippen molar-refractivity contribution in [3.8, 4) is 11.8 Å². The second-order valence-electron chi connectivity index (χ2n) is 5.51. The molecule has 0 radical (unpaired) electrons. The summed E-state index contributed by atoms with van der Waals surface area (Å²) in [5, 5.41) is 12.2. The van der Waals surface area contributed by atoms with Crippen LogP contribution in [0.15, 0.2) is 42.5 Å². The number of carbonyl (C=O) groups is 1. The molecule has 0 bridgehead atoms. The third-order valence-corrected chi connectivity index (χ3v) is 3.73. The van der Waals surface area contributed by atoms with Gasteiger partial charge in [-0.2, -0.15) is 5.26 Å². The van der Waals surface area contributed by atoms with Gasteiger partial charge in [0.05, 0.1) is 13.2 Å². The number of hydrogen-bond acceptors (Lipinski definition) is 3. The van der Waals surface area contributed by atoms with Gasteiger partial charge in [-0.1, -0.05) is 35.9 Å². The van der Waals surface area contributed by atoms with Crippen molar-refractivity contribution >= 4 is 11.6 Å². The van der Waals surface area contributed by atoms with Gasteiger partial charge in [-0.3, -0.25) is 4.79 Å². The zero-order valence-electron chi connectivity index (χ0n) is 13.6. The van der Waals surface area contributed by atoms with Gasteiger partial charge in [0.1, 0.15) is 11.7 Å². The number of aryl methyl sites for hydroxylation is 2. The van der Waals surface area contributed by atoms with Crippen LogP contribution in [0.5, 0.6) is 5.75 Å². The number of carbonyl (C=O) groups excluding carboxylic acids is 1. The molecule has 0 aliphatic rings. The third-order valence-electron chi connectivity index (χ3n) is 3.73. The Hall–Kier alpha value is -2.80. The summed E-state index contributed by atoms with van der Waals surface area (Å²) in [7, 11) is 1.58. The highest BCUT2D eigenvalue weighted by Crippen LogP contribution is 2.22. The first-order chi connectivity index (χ1) is 11.0. The average Bonchev–Trinajstić information content (AvgIpc) is 2.55. The second kappa shape index (κ2) is 7.46. The molecular formula is C19H20N2O2. The van der Waals surface area contributed by atoms with Gasteiger partial charge in [0.2, 0.25) is 5.91 Å². The highest BCUT2D eigenvalue weighted by Gasteiger charge is 2.20. The van der Waals surface area contributed by atoms with E-state index in [0.717, 1.165) is 22.4 Å². The molecule has 0 saturated heterocycles. The molecule has 0 fully saturated rings. The van der Waals surface area contributed by atoms with Crippen molar-refractivity contribution in [1.82, 2.24) is 0 Å². The number of hydrogen-bond donors (Lipinski definition) is 1. The number of nitriles is 1. The molecule has 2 aromatic rings. The highest BCUT2D eigenvalue weighted by molar-refractivity contribution is 5.95. The van der Waals surface area contributed by atoms with E-state index < -0.39 is 5.92 Å². The Bertz CT molecular complexity index is 747. The Labute approximate surface area is 136 Å². The van der Waals surface area contributed by atoms with E-state index in [0.29, 0.717) is 12.2 Å². The van der Waals surface area contributed by atoms with Gasteiger partial charge in [0.15, 0.2) is 0 Å². The number of ether oxygens (including phenoxy) is 1. The van der Waals surface area contributed by atoms with Crippen LogP contribution in [0.2, 0.25) is 0 Å². The van der Waals surface area contributed by atoms with Crippen molar-refractivity contribution < 1.29 is 9.53 Å². The monoisotopic (exact) mass is 308 g/mol. The topological polar surface area (TPSA) is 62.1 Å². The molecule has 0 spiro atoms. The fourth-order valence-corrected chi connectivity index (χ4v) is 2.46. The Morgan fingerprint density at radius 3 is 2.65 bits per heavy atom. The average molecular weight is 308 g/mol. The van der Waals surface area contributed by atoms with Crippen LogP contribution >= 0.6 is 0 Å². The minimum atomic E-state index is -0.771. The standard InChI is InChI=1S/C19H20N2O2/c1-13-8-9-17(14(2)10-13)21-19(22)16(12-20)11-15-6-4-5-7-18(15)23-3/h4-10,16H,11H2,1-3H3,(H,21,22)/t16-/m0/s1. The van der Waals surface area contributed by atoms with Gasteiger partial charge < -0.3 is 10.1 Å². The summed E-state index contributed by atoms with van der Waals surface area (Å²) in [4.78, 5) is 12.4. The van der Waals surface area contributed by atoms with E-state index in [1.165, 1.54) is 0 Å². The van der Waals surface area contributed by atoms with E-state index >= 15 is 0 Å². The highest BCUT2D eigenvalue weighted by atomic mass is 16.5.